The van der Waals surface area contributed by atoms with Crippen LogP contribution in [0.4, 0.5) is 5.69 Å². The maximum atomic E-state index is 9.20. The number of ether oxygens (including phenoxy) is 1. The first-order valence-electron chi connectivity index (χ1n) is 8.61. The summed E-state index contributed by atoms with van der Waals surface area (Å²) >= 11 is 0. The van der Waals surface area contributed by atoms with Crippen molar-refractivity contribution in [2.24, 2.45) is 5.92 Å². The van der Waals surface area contributed by atoms with Crippen molar-refractivity contribution in [1.82, 2.24) is 0 Å². The van der Waals surface area contributed by atoms with Crippen LogP contribution in [-0.4, -0.2) is 17.8 Å². The average molecular weight is 301 g/mol. The van der Waals surface area contributed by atoms with Gasteiger partial charge in [0.15, 0.2) is 0 Å². The number of hydrogen-bond acceptors (Lipinski definition) is 3. The molecule has 1 aromatic rings. The summed E-state index contributed by atoms with van der Waals surface area (Å²) in [6, 6.07) is 6.56. The smallest absolute Gasteiger partial charge is 0.142 e. The fraction of sp³-hybridized carbons (Fsp3) is 0.579. The summed E-state index contributed by atoms with van der Waals surface area (Å²) in [5.41, 5.74) is 2.54. The van der Waals surface area contributed by atoms with Crippen LogP contribution in [0.1, 0.15) is 50.5 Å². The van der Waals surface area contributed by atoms with Crippen LogP contribution in [0, 0.1) is 5.92 Å². The number of aliphatic hydroxyl groups is 1. The van der Waals surface area contributed by atoms with E-state index in [1.165, 1.54) is 44.1 Å². The number of fused-ring (bicyclic) bond motifs is 1. The molecule has 0 amide bonds. The third-order valence-electron chi connectivity index (χ3n) is 4.86. The van der Waals surface area contributed by atoms with E-state index in [-0.39, 0.29) is 11.9 Å². The fourth-order valence-electron chi connectivity index (χ4n) is 3.60. The molecule has 1 aromatic carbocycles. The molecule has 0 unspecified atom stereocenters. The molecule has 0 saturated heterocycles. The van der Waals surface area contributed by atoms with Gasteiger partial charge in [-0.2, -0.15) is 0 Å². The van der Waals surface area contributed by atoms with E-state index in [2.05, 4.69) is 30.1 Å². The lowest BCUT2D eigenvalue weighted by Crippen LogP contribution is -2.30. The van der Waals surface area contributed by atoms with Gasteiger partial charge >= 0.3 is 0 Å². The molecule has 1 aliphatic carbocycles. The van der Waals surface area contributed by atoms with Crippen molar-refractivity contribution in [2.45, 2.75) is 57.5 Å². The van der Waals surface area contributed by atoms with Gasteiger partial charge in [0.25, 0.3) is 0 Å². The topological polar surface area (TPSA) is 41.5 Å². The number of hydrogen-bond donors (Lipinski definition) is 2. The van der Waals surface area contributed by atoms with E-state index in [1.807, 2.05) is 0 Å². The molecule has 2 N–H and O–H groups in total. The second-order valence-corrected chi connectivity index (χ2v) is 6.76. The molecule has 1 aliphatic heterocycles. The van der Waals surface area contributed by atoms with Crippen LogP contribution in [0.2, 0.25) is 0 Å². The van der Waals surface area contributed by atoms with Crippen LogP contribution in [0.5, 0.6) is 5.75 Å². The minimum Gasteiger partial charge on any atom is -0.513 e. The van der Waals surface area contributed by atoms with E-state index in [0.717, 1.165) is 30.3 Å². The Morgan fingerprint density at radius 2 is 2.09 bits per heavy atom. The molecule has 1 atom stereocenters. The van der Waals surface area contributed by atoms with Crippen LogP contribution >= 0.6 is 0 Å². The standard InChI is InChI=1S/C19H27NO2/c1-14(21)7-9-17-13-20-18-12-16(8-10-19(18)22-17)11-15-5-3-2-4-6-15/h8,10,12,15,17,20-21H,1-7,9,11,13H2/t17-/m0/s1. The van der Waals surface area contributed by atoms with Crippen LogP contribution in [0.25, 0.3) is 0 Å². The molecule has 3 nitrogen and oxygen atoms in total. The van der Waals surface area contributed by atoms with E-state index in [4.69, 9.17) is 4.74 Å². The second-order valence-electron chi connectivity index (χ2n) is 6.76. The van der Waals surface area contributed by atoms with E-state index in [1.54, 1.807) is 0 Å². The van der Waals surface area contributed by atoms with Crippen molar-refractivity contribution in [3.05, 3.63) is 36.1 Å². The zero-order valence-electron chi connectivity index (χ0n) is 13.3. The quantitative estimate of drug-likeness (QED) is 0.765. The summed E-state index contributed by atoms with van der Waals surface area (Å²) in [6.45, 7) is 4.33. The third-order valence-corrected chi connectivity index (χ3v) is 4.86. The van der Waals surface area contributed by atoms with E-state index < -0.39 is 0 Å². The largest absolute Gasteiger partial charge is 0.513 e. The van der Waals surface area contributed by atoms with Crippen molar-refractivity contribution in [1.29, 1.82) is 0 Å². The molecule has 0 bridgehead atoms. The van der Waals surface area contributed by atoms with Gasteiger partial charge in [0, 0.05) is 6.42 Å². The molecule has 2 aliphatic rings. The molecule has 1 heterocycles. The Balaban J connectivity index is 1.59. The Hall–Kier alpha value is -1.64. The Morgan fingerprint density at radius 3 is 2.86 bits per heavy atom. The van der Waals surface area contributed by atoms with E-state index in [9.17, 15) is 5.11 Å². The normalized spacial score (nSPS) is 21.5. The number of benzene rings is 1. The number of allylic oxidation sites excluding steroid dienone is 1. The molecule has 1 fully saturated rings. The first-order chi connectivity index (χ1) is 10.7. The fourth-order valence-corrected chi connectivity index (χ4v) is 3.60. The summed E-state index contributed by atoms with van der Waals surface area (Å²) in [7, 11) is 0. The summed E-state index contributed by atoms with van der Waals surface area (Å²) < 4.78 is 6.01. The summed E-state index contributed by atoms with van der Waals surface area (Å²) in [6.07, 6.45) is 9.68. The van der Waals surface area contributed by atoms with Gasteiger partial charge in [0.05, 0.1) is 18.0 Å². The monoisotopic (exact) mass is 301 g/mol. The first-order valence-corrected chi connectivity index (χ1v) is 8.61. The van der Waals surface area contributed by atoms with Crippen LogP contribution in [0.15, 0.2) is 30.5 Å². The van der Waals surface area contributed by atoms with Gasteiger partial charge in [-0.1, -0.05) is 44.7 Å². The molecule has 1 saturated carbocycles. The van der Waals surface area contributed by atoms with Crippen molar-refractivity contribution < 1.29 is 9.84 Å². The number of nitrogens with one attached hydrogen (secondary N) is 1. The number of anilines is 1. The lowest BCUT2D eigenvalue weighted by molar-refractivity contribution is 0.190. The van der Waals surface area contributed by atoms with Crippen LogP contribution < -0.4 is 10.1 Å². The lowest BCUT2D eigenvalue weighted by atomic mass is 9.85. The Morgan fingerprint density at radius 1 is 1.27 bits per heavy atom. The highest BCUT2D eigenvalue weighted by Crippen LogP contribution is 2.33. The highest BCUT2D eigenvalue weighted by molar-refractivity contribution is 5.59. The number of rotatable bonds is 5. The van der Waals surface area contributed by atoms with Gasteiger partial charge in [0.1, 0.15) is 11.9 Å². The van der Waals surface area contributed by atoms with Gasteiger partial charge < -0.3 is 15.2 Å². The third kappa shape index (κ3) is 3.96. The predicted octanol–water partition coefficient (Wildman–Crippen LogP) is 4.83. The van der Waals surface area contributed by atoms with Gasteiger partial charge in [-0.05, 0) is 36.5 Å². The highest BCUT2D eigenvalue weighted by Gasteiger charge is 2.20. The van der Waals surface area contributed by atoms with Gasteiger partial charge in [-0.3, -0.25) is 0 Å². The maximum absolute atomic E-state index is 9.20. The molecular weight excluding hydrogens is 274 g/mol. The molecule has 120 valence electrons. The van der Waals surface area contributed by atoms with Gasteiger partial charge in [-0.15, -0.1) is 0 Å². The minimum atomic E-state index is 0.112. The van der Waals surface area contributed by atoms with Crippen molar-refractivity contribution in [2.75, 3.05) is 11.9 Å². The van der Waals surface area contributed by atoms with E-state index in [0.29, 0.717) is 6.42 Å². The average Bonchev–Trinajstić information content (AvgIpc) is 2.54. The predicted molar refractivity (Wildman–Crippen MR) is 90.6 cm³/mol. The Kier molecular flexibility index (Phi) is 4.91. The van der Waals surface area contributed by atoms with Crippen LogP contribution in [-0.2, 0) is 6.42 Å². The summed E-state index contributed by atoms with van der Waals surface area (Å²) in [5.74, 6) is 2.03. The highest BCUT2D eigenvalue weighted by atomic mass is 16.5. The number of aliphatic hydroxyl groups excluding tert-OH is 1. The summed E-state index contributed by atoms with van der Waals surface area (Å²) in [5, 5.41) is 12.7. The van der Waals surface area contributed by atoms with Crippen molar-refractivity contribution >= 4 is 5.69 Å². The SMILES string of the molecule is C=C(O)CC[C@H]1CNc2cc(CC3CCCCC3)ccc2O1. The van der Waals surface area contributed by atoms with Crippen molar-refractivity contribution in [3.8, 4) is 5.75 Å². The molecule has 0 spiro atoms. The first kappa shape index (κ1) is 15.3. The molecule has 3 rings (SSSR count). The van der Waals surface area contributed by atoms with E-state index >= 15 is 0 Å². The Bertz CT molecular complexity index is 520. The van der Waals surface area contributed by atoms with Gasteiger partial charge in [0.2, 0.25) is 0 Å². The van der Waals surface area contributed by atoms with Crippen molar-refractivity contribution in [3.63, 3.8) is 0 Å². The zero-order chi connectivity index (χ0) is 15.4. The molecule has 22 heavy (non-hydrogen) atoms. The molecule has 0 aromatic heterocycles. The molecular formula is C19H27NO2. The Labute approximate surface area is 133 Å². The minimum absolute atomic E-state index is 0.112. The maximum Gasteiger partial charge on any atom is 0.142 e. The second kappa shape index (κ2) is 7.08. The van der Waals surface area contributed by atoms with Gasteiger partial charge in [-0.25, -0.2) is 0 Å². The molecule has 3 heteroatoms. The zero-order valence-corrected chi connectivity index (χ0v) is 13.3. The lowest BCUT2D eigenvalue weighted by Gasteiger charge is -2.28. The van der Waals surface area contributed by atoms with Crippen LogP contribution in [0.3, 0.4) is 0 Å². The summed E-state index contributed by atoms with van der Waals surface area (Å²) in [4.78, 5) is 0. The molecule has 0 radical (unpaired) electrons.